The van der Waals surface area contributed by atoms with E-state index in [4.69, 9.17) is 26.1 Å². The lowest BCUT2D eigenvalue weighted by Gasteiger charge is -2.41. The van der Waals surface area contributed by atoms with Gasteiger partial charge >= 0.3 is 5.97 Å². The molecule has 5 rings (SSSR count). The van der Waals surface area contributed by atoms with Crippen molar-refractivity contribution in [3.63, 3.8) is 0 Å². The van der Waals surface area contributed by atoms with Gasteiger partial charge < -0.3 is 19.3 Å². The summed E-state index contributed by atoms with van der Waals surface area (Å²) in [5.41, 5.74) is 7.65. The zero-order valence-corrected chi connectivity index (χ0v) is 29.5. The number of ether oxygens (including phenoxy) is 2. The molecule has 0 radical (unpaired) electrons. The maximum Gasteiger partial charge on any atom is 0.340 e. The number of aromatic nitrogens is 2. The number of halogens is 2. The molecule has 1 saturated heterocycles. The van der Waals surface area contributed by atoms with E-state index in [1.165, 1.54) is 17.3 Å². The minimum absolute atomic E-state index is 0.0731. The van der Waals surface area contributed by atoms with Crippen LogP contribution in [0.1, 0.15) is 95.5 Å². The number of pyridine rings is 2. The van der Waals surface area contributed by atoms with Gasteiger partial charge in [0.05, 0.1) is 28.6 Å². The van der Waals surface area contributed by atoms with E-state index in [2.05, 4.69) is 53.8 Å². The number of carbonyl (C=O) groups is 1. The predicted octanol–water partition coefficient (Wildman–Crippen LogP) is 8.55. The first-order chi connectivity index (χ1) is 21.5. The molecule has 0 spiro atoms. The van der Waals surface area contributed by atoms with E-state index in [1.54, 1.807) is 6.07 Å². The van der Waals surface area contributed by atoms with E-state index in [9.17, 15) is 9.18 Å². The summed E-state index contributed by atoms with van der Waals surface area (Å²) < 4.78 is 26.1. The van der Waals surface area contributed by atoms with Gasteiger partial charge in [-0.05, 0) is 89.8 Å². The molecular formula is C37H48ClFN4O3. The normalized spacial score (nSPS) is 17.2. The summed E-state index contributed by atoms with van der Waals surface area (Å²) in [6.45, 7) is 21.4. The molecule has 2 aliphatic heterocycles. The highest BCUT2D eigenvalue weighted by Crippen LogP contribution is 2.45. The van der Waals surface area contributed by atoms with Crippen LogP contribution in [-0.2, 0) is 27.2 Å². The molecule has 1 fully saturated rings. The Kier molecular flexibility index (Phi) is 9.72. The van der Waals surface area contributed by atoms with Crippen LogP contribution in [0.3, 0.4) is 0 Å². The quantitative estimate of drug-likeness (QED) is 0.237. The fraction of sp³-hybridized carbons (Fsp3) is 0.541. The van der Waals surface area contributed by atoms with Gasteiger partial charge in [0.15, 0.2) is 11.9 Å². The highest BCUT2D eigenvalue weighted by atomic mass is 35.5. The second-order valence-corrected chi connectivity index (χ2v) is 15.2. The average Bonchev–Trinajstić information content (AvgIpc) is 2.96. The number of piperidine rings is 1. The molecule has 0 bridgehead atoms. The number of esters is 1. The standard InChI is InChI=1S/C37H48ClFN4O3/c1-22(2)45-35(44)34(46-36(5,6)7)32-24(4)41-23(3)31(33(32)42-16-13-37(8,9)14-17-42)26-10-11-27-21-43(15-12-25(27)18-26)30-19-28(38)29(39)20-40-30/h10-11,18-20,22,34H,12-17,21H2,1-9H3. The molecular weight excluding hydrogens is 603 g/mol. The number of fused-ring (bicyclic) bond motifs is 1. The maximum atomic E-state index is 13.8. The Morgan fingerprint density at radius 3 is 2.35 bits per heavy atom. The van der Waals surface area contributed by atoms with Gasteiger partial charge in [0.1, 0.15) is 5.82 Å². The largest absolute Gasteiger partial charge is 0.461 e. The van der Waals surface area contributed by atoms with E-state index in [0.29, 0.717) is 12.4 Å². The van der Waals surface area contributed by atoms with Crippen molar-refractivity contribution in [1.82, 2.24) is 9.97 Å². The summed E-state index contributed by atoms with van der Waals surface area (Å²) in [6, 6.07) is 8.18. The van der Waals surface area contributed by atoms with E-state index >= 15 is 0 Å². The number of aryl methyl sites for hydroxylation is 2. The van der Waals surface area contributed by atoms with Crippen LogP contribution in [0.25, 0.3) is 11.1 Å². The molecule has 2 aromatic heterocycles. The summed E-state index contributed by atoms with van der Waals surface area (Å²) >= 11 is 6.07. The van der Waals surface area contributed by atoms with Crippen LogP contribution in [0.2, 0.25) is 5.02 Å². The van der Waals surface area contributed by atoms with Crippen LogP contribution >= 0.6 is 11.6 Å². The zero-order chi connectivity index (χ0) is 33.6. The van der Waals surface area contributed by atoms with Crippen molar-refractivity contribution >= 4 is 29.1 Å². The molecule has 0 N–H and O–H groups in total. The summed E-state index contributed by atoms with van der Waals surface area (Å²) in [5, 5.41) is 0.0731. The molecule has 0 amide bonds. The minimum atomic E-state index is -0.930. The molecule has 9 heteroatoms. The molecule has 46 heavy (non-hydrogen) atoms. The van der Waals surface area contributed by atoms with Crippen LogP contribution in [0.5, 0.6) is 0 Å². The number of nitrogens with zero attached hydrogens (tertiary/aromatic N) is 4. The minimum Gasteiger partial charge on any atom is -0.461 e. The molecule has 7 nitrogen and oxygen atoms in total. The Bertz CT molecular complexity index is 1610. The molecule has 1 unspecified atom stereocenters. The topological polar surface area (TPSA) is 67.8 Å². The molecule has 0 aliphatic carbocycles. The molecule has 4 heterocycles. The van der Waals surface area contributed by atoms with Crippen LogP contribution in [0.4, 0.5) is 15.9 Å². The van der Waals surface area contributed by atoms with E-state index in [0.717, 1.165) is 72.7 Å². The third kappa shape index (κ3) is 7.49. The van der Waals surface area contributed by atoms with Gasteiger partial charge in [0.2, 0.25) is 0 Å². The first-order valence-corrected chi connectivity index (χ1v) is 16.7. The van der Waals surface area contributed by atoms with Gasteiger partial charge in [-0.2, -0.15) is 0 Å². The van der Waals surface area contributed by atoms with Crippen LogP contribution in [0.15, 0.2) is 30.5 Å². The van der Waals surface area contributed by atoms with E-state index < -0.39 is 23.5 Å². The highest BCUT2D eigenvalue weighted by Gasteiger charge is 2.38. The molecule has 2 aliphatic rings. The summed E-state index contributed by atoms with van der Waals surface area (Å²) in [4.78, 5) is 27.7. The summed E-state index contributed by atoms with van der Waals surface area (Å²) in [6.07, 6.45) is 2.84. The lowest BCUT2D eigenvalue weighted by molar-refractivity contribution is -0.171. The lowest BCUT2D eigenvalue weighted by Crippen LogP contribution is -2.39. The second kappa shape index (κ2) is 13.1. The van der Waals surface area contributed by atoms with Crippen molar-refractivity contribution in [2.45, 2.75) is 106 Å². The Balaban J connectivity index is 1.63. The molecule has 1 aromatic carbocycles. The smallest absolute Gasteiger partial charge is 0.340 e. The Morgan fingerprint density at radius 2 is 1.72 bits per heavy atom. The fourth-order valence-electron chi connectivity index (χ4n) is 6.52. The van der Waals surface area contributed by atoms with Crippen molar-refractivity contribution in [2.75, 3.05) is 29.4 Å². The number of rotatable bonds is 7. The molecule has 0 saturated carbocycles. The Morgan fingerprint density at radius 1 is 1.02 bits per heavy atom. The number of hydrogen-bond donors (Lipinski definition) is 0. The van der Waals surface area contributed by atoms with Crippen LogP contribution in [-0.4, -0.2) is 47.3 Å². The van der Waals surface area contributed by atoms with Crippen LogP contribution < -0.4 is 9.80 Å². The van der Waals surface area contributed by atoms with Crippen molar-refractivity contribution < 1.29 is 18.7 Å². The first-order valence-electron chi connectivity index (χ1n) is 16.4. The Hall–Kier alpha value is -3.23. The van der Waals surface area contributed by atoms with Crippen molar-refractivity contribution in [2.24, 2.45) is 5.41 Å². The first kappa shape index (κ1) is 34.1. The predicted molar refractivity (Wildman–Crippen MR) is 183 cm³/mol. The molecule has 248 valence electrons. The number of carbonyl (C=O) groups excluding carboxylic acids is 1. The van der Waals surface area contributed by atoms with E-state index in [1.807, 2.05) is 41.5 Å². The number of hydrogen-bond acceptors (Lipinski definition) is 7. The van der Waals surface area contributed by atoms with Crippen LogP contribution in [0, 0.1) is 25.1 Å². The number of benzene rings is 1. The van der Waals surface area contributed by atoms with Gasteiger partial charge in [-0.3, -0.25) is 4.98 Å². The van der Waals surface area contributed by atoms with E-state index in [-0.39, 0.29) is 16.5 Å². The fourth-order valence-corrected chi connectivity index (χ4v) is 6.67. The highest BCUT2D eigenvalue weighted by molar-refractivity contribution is 6.30. The maximum absolute atomic E-state index is 13.8. The van der Waals surface area contributed by atoms with Gasteiger partial charge in [0, 0.05) is 54.8 Å². The third-order valence-electron chi connectivity index (χ3n) is 8.94. The third-order valence-corrected chi connectivity index (χ3v) is 9.23. The monoisotopic (exact) mass is 650 g/mol. The molecule has 3 aromatic rings. The van der Waals surface area contributed by atoms with Gasteiger partial charge in [-0.1, -0.05) is 43.6 Å². The second-order valence-electron chi connectivity index (χ2n) is 14.8. The van der Waals surface area contributed by atoms with Gasteiger partial charge in [-0.25, -0.2) is 14.2 Å². The summed E-state index contributed by atoms with van der Waals surface area (Å²) in [5.74, 6) is -0.254. The van der Waals surface area contributed by atoms with Crippen molar-refractivity contribution in [1.29, 1.82) is 0 Å². The van der Waals surface area contributed by atoms with Crippen molar-refractivity contribution in [3.8, 4) is 11.1 Å². The SMILES string of the molecule is Cc1nc(C)c(C(OC(C)(C)C)C(=O)OC(C)C)c(N2CCC(C)(C)CC2)c1-c1ccc2c(c1)CCN(c1cc(Cl)c(F)cn1)C2. The Labute approximate surface area is 278 Å². The summed E-state index contributed by atoms with van der Waals surface area (Å²) in [7, 11) is 0. The number of anilines is 2. The van der Waals surface area contributed by atoms with Gasteiger partial charge in [-0.15, -0.1) is 0 Å². The van der Waals surface area contributed by atoms with Crippen molar-refractivity contribution in [3.05, 3.63) is 69.4 Å². The average molecular weight is 651 g/mol. The van der Waals surface area contributed by atoms with Gasteiger partial charge in [0.25, 0.3) is 0 Å². The zero-order valence-electron chi connectivity index (χ0n) is 28.8. The molecule has 1 atom stereocenters. The lowest BCUT2D eigenvalue weighted by atomic mass is 9.81.